The van der Waals surface area contributed by atoms with Gasteiger partial charge in [-0.2, -0.15) is 18.3 Å². The van der Waals surface area contributed by atoms with Crippen LogP contribution in [0.1, 0.15) is 29.8 Å². The molecule has 0 spiro atoms. The minimum Gasteiger partial charge on any atom is -0.234 e. The Morgan fingerprint density at radius 3 is 2.57 bits per heavy atom. The van der Waals surface area contributed by atoms with Crippen LogP contribution < -0.4 is 0 Å². The van der Waals surface area contributed by atoms with Gasteiger partial charge in [-0.3, -0.25) is 0 Å². The number of fused-ring (bicyclic) bond motifs is 1. The van der Waals surface area contributed by atoms with Crippen LogP contribution in [-0.2, 0) is 19.0 Å². The normalized spacial score (nSPS) is 15.1. The van der Waals surface area contributed by atoms with E-state index in [1.54, 1.807) is 18.2 Å². The van der Waals surface area contributed by atoms with Crippen LogP contribution in [-0.4, -0.2) is 9.78 Å². The van der Waals surface area contributed by atoms with Crippen LogP contribution in [0, 0.1) is 0 Å². The standard InChI is InChI=1S/C14H11BrClF3N2/c15-9-5-3-6-10(16)12(9)21-11-7-2-1-4-8(11)13(20-21)14(17,18)19/h3,5-6H,1-2,4,7H2. The average Bonchev–Trinajstić information content (AvgIpc) is 2.78. The summed E-state index contributed by atoms with van der Waals surface area (Å²) in [6, 6.07) is 5.12. The zero-order chi connectivity index (χ0) is 15.2. The summed E-state index contributed by atoms with van der Waals surface area (Å²) in [6.07, 6.45) is -1.84. The van der Waals surface area contributed by atoms with Crippen LogP contribution in [0.2, 0.25) is 5.02 Å². The highest BCUT2D eigenvalue weighted by molar-refractivity contribution is 9.10. The van der Waals surface area contributed by atoms with Gasteiger partial charge in [-0.05, 0) is 53.7 Å². The maximum absolute atomic E-state index is 13.2. The van der Waals surface area contributed by atoms with E-state index in [2.05, 4.69) is 21.0 Å². The van der Waals surface area contributed by atoms with Crippen LogP contribution in [0.5, 0.6) is 0 Å². The number of hydrogen-bond acceptors (Lipinski definition) is 1. The number of rotatable bonds is 1. The molecule has 0 amide bonds. The lowest BCUT2D eigenvalue weighted by Gasteiger charge is -2.16. The first kappa shape index (κ1) is 14.9. The van der Waals surface area contributed by atoms with E-state index >= 15 is 0 Å². The van der Waals surface area contributed by atoms with Gasteiger partial charge in [-0.1, -0.05) is 17.7 Å². The van der Waals surface area contributed by atoms with Crippen molar-refractivity contribution in [2.45, 2.75) is 31.9 Å². The first-order valence-electron chi connectivity index (χ1n) is 6.52. The number of halogens is 5. The molecule has 2 nitrogen and oxygen atoms in total. The highest BCUT2D eigenvalue weighted by atomic mass is 79.9. The van der Waals surface area contributed by atoms with Gasteiger partial charge in [-0.15, -0.1) is 0 Å². The fraction of sp³-hybridized carbons (Fsp3) is 0.357. The molecule has 0 saturated carbocycles. The Hall–Kier alpha value is -1.01. The van der Waals surface area contributed by atoms with E-state index in [0.717, 1.165) is 12.8 Å². The molecule has 2 aromatic rings. The second-order valence-electron chi connectivity index (χ2n) is 4.96. The lowest BCUT2D eigenvalue weighted by molar-refractivity contribution is -0.142. The lowest BCUT2D eigenvalue weighted by Crippen LogP contribution is -2.11. The summed E-state index contributed by atoms with van der Waals surface area (Å²) in [6.45, 7) is 0. The molecule has 1 aromatic heterocycles. The molecule has 112 valence electrons. The van der Waals surface area contributed by atoms with E-state index in [9.17, 15) is 13.2 Å². The summed E-state index contributed by atoms with van der Waals surface area (Å²) in [7, 11) is 0. The quantitative estimate of drug-likeness (QED) is 0.667. The first-order chi connectivity index (χ1) is 9.89. The number of aromatic nitrogens is 2. The molecule has 3 rings (SSSR count). The maximum atomic E-state index is 13.2. The average molecular weight is 380 g/mol. The SMILES string of the molecule is FC(F)(F)c1nn(-c2c(Cl)cccc2Br)c2c1CCCC2. The summed E-state index contributed by atoms with van der Waals surface area (Å²) in [5, 5.41) is 4.20. The predicted molar refractivity (Wildman–Crippen MR) is 77.9 cm³/mol. The second kappa shape index (κ2) is 5.32. The van der Waals surface area contributed by atoms with Crippen molar-refractivity contribution in [3.63, 3.8) is 0 Å². The fourth-order valence-electron chi connectivity index (χ4n) is 2.70. The summed E-state index contributed by atoms with van der Waals surface area (Å²) in [4.78, 5) is 0. The van der Waals surface area contributed by atoms with Gasteiger partial charge in [0.25, 0.3) is 0 Å². The number of alkyl halides is 3. The predicted octanol–water partition coefficient (Wildman–Crippen LogP) is 5.19. The minimum absolute atomic E-state index is 0.306. The summed E-state index contributed by atoms with van der Waals surface area (Å²) >= 11 is 9.50. The third-order valence-electron chi connectivity index (χ3n) is 3.60. The van der Waals surface area contributed by atoms with Gasteiger partial charge < -0.3 is 0 Å². The second-order valence-corrected chi connectivity index (χ2v) is 6.22. The molecule has 21 heavy (non-hydrogen) atoms. The summed E-state index contributed by atoms with van der Waals surface area (Å²) < 4.78 is 41.5. The van der Waals surface area contributed by atoms with Crippen molar-refractivity contribution in [2.24, 2.45) is 0 Å². The van der Waals surface area contributed by atoms with Gasteiger partial charge in [0, 0.05) is 15.7 Å². The lowest BCUT2D eigenvalue weighted by atomic mass is 9.95. The molecule has 0 unspecified atom stereocenters. The molecular formula is C14H11BrClF3N2. The topological polar surface area (TPSA) is 17.8 Å². The number of nitrogens with zero attached hydrogens (tertiary/aromatic N) is 2. The molecule has 1 aliphatic rings. The molecule has 1 aromatic carbocycles. The highest BCUT2D eigenvalue weighted by Crippen LogP contribution is 2.39. The van der Waals surface area contributed by atoms with Crippen LogP contribution in [0.25, 0.3) is 5.69 Å². The van der Waals surface area contributed by atoms with Crippen LogP contribution in [0.15, 0.2) is 22.7 Å². The third kappa shape index (κ3) is 2.59. The summed E-state index contributed by atoms with van der Waals surface area (Å²) in [5.74, 6) is 0. The fourth-order valence-corrected chi connectivity index (χ4v) is 3.61. The van der Waals surface area contributed by atoms with E-state index in [0.29, 0.717) is 39.3 Å². The van der Waals surface area contributed by atoms with E-state index in [1.165, 1.54) is 4.68 Å². The smallest absolute Gasteiger partial charge is 0.234 e. The number of para-hydroxylation sites is 1. The largest absolute Gasteiger partial charge is 0.435 e. The first-order valence-corrected chi connectivity index (χ1v) is 7.69. The Labute approximate surface area is 133 Å². The van der Waals surface area contributed by atoms with Crippen molar-refractivity contribution in [3.05, 3.63) is 44.6 Å². The van der Waals surface area contributed by atoms with Crippen molar-refractivity contribution >= 4 is 27.5 Å². The number of hydrogen-bond donors (Lipinski definition) is 0. The Bertz CT molecular complexity index is 674. The van der Waals surface area contributed by atoms with E-state index < -0.39 is 11.9 Å². The van der Waals surface area contributed by atoms with Gasteiger partial charge >= 0.3 is 6.18 Å². The van der Waals surface area contributed by atoms with Crippen molar-refractivity contribution < 1.29 is 13.2 Å². The van der Waals surface area contributed by atoms with Crippen molar-refractivity contribution in [3.8, 4) is 5.69 Å². The van der Waals surface area contributed by atoms with Crippen LogP contribution in [0.3, 0.4) is 0 Å². The molecule has 1 heterocycles. The number of benzene rings is 1. The zero-order valence-electron chi connectivity index (χ0n) is 10.8. The third-order valence-corrected chi connectivity index (χ3v) is 4.54. The molecule has 0 atom stereocenters. The van der Waals surface area contributed by atoms with Crippen molar-refractivity contribution in [1.82, 2.24) is 9.78 Å². The molecule has 0 N–H and O–H groups in total. The van der Waals surface area contributed by atoms with Gasteiger partial charge in [0.15, 0.2) is 5.69 Å². The molecule has 1 aliphatic carbocycles. The minimum atomic E-state index is -4.44. The molecule has 0 bridgehead atoms. The van der Waals surface area contributed by atoms with Gasteiger partial charge in [0.2, 0.25) is 0 Å². The summed E-state index contributed by atoms with van der Waals surface area (Å²) in [5.41, 5.74) is 0.597. The molecule has 0 aliphatic heterocycles. The highest BCUT2D eigenvalue weighted by Gasteiger charge is 2.40. The van der Waals surface area contributed by atoms with Crippen LogP contribution in [0.4, 0.5) is 13.2 Å². The molecule has 0 fully saturated rings. The van der Waals surface area contributed by atoms with E-state index in [1.807, 2.05) is 0 Å². The Kier molecular flexibility index (Phi) is 3.78. The van der Waals surface area contributed by atoms with Crippen LogP contribution >= 0.6 is 27.5 Å². The molecular weight excluding hydrogens is 369 g/mol. The van der Waals surface area contributed by atoms with Gasteiger partial charge in [-0.25, -0.2) is 4.68 Å². The molecule has 0 radical (unpaired) electrons. The van der Waals surface area contributed by atoms with Gasteiger partial charge in [0.05, 0.1) is 10.7 Å². The molecule has 0 saturated heterocycles. The molecule has 7 heteroatoms. The van der Waals surface area contributed by atoms with Crippen molar-refractivity contribution in [1.29, 1.82) is 0 Å². The zero-order valence-corrected chi connectivity index (χ0v) is 13.2. The van der Waals surface area contributed by atoms with E-state index in [4.69, 9.17) is 11.6 Å². The Balaban J connectivity index is 2.27. The Morgan fingerprint density at radius 2 is 1.90 bits per heavy atom. The van der Waals surface area contributed by atoms with E-state index in [-0.39, 0.29) is 0 Å². The Morgan fingerprint density at radius 1 is 1.19 bits per heavy atom. The monoisotopic (exact) mass is 378 g/mol. The van der Waals surface area contributed by atoms with Crippen molar-refractivity contribution in [2.75, 3.05) is 0 Å². The van der Waals surface area contributed by atoms with Gasteiger partial charge in [0.1, 0.15) is 0 Å². The maximum Gasteiger partial charge on any atom is 0.435 e.